The van der Waals surface area contributed by atoms with E-state index in [9.17, 15) is 0 Å². The maximum atomic E-state index is 8.43. The molecule has 1 aromatic rings. The standard InChI is InChI=1S/C22H33N5/c1-16-14-20(21(24)9-8-17(2)23)22(25-15-16)27-12-10-19(11-13-27)26-18-6-4-3-5-7-18/h8-9,14-15,18-19,23-24,26H,3-7,10-13H2,1-2H3. The van der Waals surface area contributed by atoms with Crippen LogP contribution in [0.3, 0.4) is 0 Å². The summed E-state index contributed by atoms with van der Waals surface area (Å²) >= 11 is 0. The summed E-state index contributed by atoms with van der Waals surface area (Å²) in [6.45, 7) is 5.70. The molecule has 1 saturated heterocycles. The first-order chi connectivity index (χ1) is 13.0. The number of aromatic nitrogens is 1. The molecule has 1 aliphatic carbocycles. The van der Waals surface area contributed by atoms with Crippen molar-refractivity contribution in [2.75, 3.05) is 18.0 Å². The third-order valence-corrected chi connectivity index (χ3v) is 5.66. The second-order valence-corrected chi connectivity index (χ2v) is 8.08. The molecule has 2 aliphatic rings. The van der Waals surface area contributed by atoms with E-state index in [0.717, 1.165) is 42.9 Å². The molecule has 5 nitrogen and oxygen atoms in total. The lowest BCUT2D eigenvalue weighted by Gasteiger charge is -2.36. The molecule has 27 heavy (non-hydrogen) atoms. The summed E-state index contributed by atoms with van der Waals surface area (Å²) < 4.78 is 0. The Morgan fingerprint density at radius 3 is 2.41 bits per heavy atom. The fourth-order valence-corrected chi connectivity index (χ4v) is 4.17. The van der Waals surface area contributed by atoms with Crippen molar-refractivity contribution in [1.29, 1.82) is 10.8 Å². The van der Waals surface area contributed by atoms with E-state index in [0.29, 0.717) is 23.5 Å². The largest absolute Gasteiger partial charge is 0.356 e. The number of anilines is 1. The maximum Gasteiger partial charge on any atom is 0.137 e. The van der Waals surface area contributed by atoms with Crippen LogP contribution in [0, 0.1) is 17.7 Å². The highest BCUT2D eigenvalue weighted by Crippen LogP contribution is 2.25. The number of pyridine rings is 1. The summed E-state index contributed by atoms with van der Waals surface area (Å²) in [7, 11) is 0. The van der Waals surface area contributed by atoms with Crippen molar-refractivity contribution in [3.05, 3.63) is 35.5 Å². The fourth-order valence-electron chi connectivity index (χ4n) is 4.17. The second-order valence-electron chi connectivity index (χ2n) is 8.08. The van der Waals surface area contributed by atoms with E-state index in [1.165, 1.54) is 32.1 Å². The molecule has 1 aliphatic heterocycles. The van der Waals surface area contributed by atoms with Gasteiger partial charge in [0.25, 0.3) is 0 Å². The summed E-state index contributed by atoms with van der Waals surface area (Å²) in [6, 6.07) is 3.37. The molecule has 2 fully saturated rings. The quantitative estimate of drug-likeness (QED) is 0.658. The molecule has 2 heterocycles. The first-order valence-corrected chi connectivity index (χ1v) is 10.3. The number of nitrogens with one attached hydrogen (secondary N) is 3. The van der Waals surface area contributed by atoms with E-state index in [1.54, 1.807) is 19.1 Å². The molecule has 3 N–H and O–H groups in total. The van der Waals surface area contributed by atoms with Gasteiger partial charge in [-0.3, -0.25) is 0 Å². The molecule has 0 unspecified atom stereocenters. The van der Waals surface area contributed by atoms with Gasteiger partial charge in [0.05, 0.1) is 5.71 Å². The smallest absolute Gasteiger partial charge is 0.137 e. The Bertz CT molecular complexity index is 695. The van der Waals surface area contributed by atoms with Crippen molar-refractivity contribution in [2.24, 2.45) is 0 Å². The average Bonchev–Trinajstić information content (AvgIpc) is 2.67. The Morgan fingerprint density at radius 1 is 1.07 bits per heavy atom. The third kappa shape index (κ3) is 5.48. The van der Waals surface area contributed by atoms with Gasteiger partial charge in [-0.1, -0.05) is 19.3 Å². The maximum absolute atomic E-state index is 8.43. The van der Waals surface area contributed by atoms with E-state index >= 15 is 0 Å². The van der Waals surface area contributed by atoms with Crippen LogP contribution in [0.2, 0.25) is 0 Å². The molecule has 1 saturated carbocycles. The van der Waals surface area contributed by atoms with Gasteiger partial charge in [-0.05, 0) is 63.3 Å². The number of nitrogens with zero attached hydrogens (tertiary/aromatic N) is 2. The molecule has 3 rings (SSSR count). The van der Waals surface area contributed by atoms with Gasteiger partial charge in [0, 0.05) is 42.6 Å². The highest BCUT2D eigenvalue weighted by molar-refractivity contribution is 6.12. The Hall–Kier alpha value is -2.01. The molecule has 5 heteroatoms. The van der Waals surface area contributed by atoms with Crippen molar-refractivity contribution < 1.29 is 0 Å². The molecular formula is C22H33N5. The average molecular weight is 368 g/mol. The molecule has 0 aromatic carbocycles. The van der Waals surface area contributed by atoms with Crippen LogP contribution in [0.1, 0.15) is 63.0 Å². The molecule has 1 aromatic heterocycles. The van der Waals surface area contributed by atoms with Gasteiger partial charge < -0.3 is 21.0 Å². The summed E-state index contributed by atoms with van der Waals surface area (Å²) in [5.74, 6) is 0.911. The summed E-state index contributed by atoms with van der Waals surface area (Å²) in [6.07, 6.45) is 14.4. The Morgan fingerprint density at radius 2 is 1.74 bits per heavy atom. The van der Waals surface area contributed by atoms with Crippen molar-refractivity contribution in [3.63, 3.8) is 0 Å². The van der Waals surface area contributed by atoms with Crippen molar-refractivity contribution in [1.82, 2.24) is 10.3 Å². The molecule has 0 amide bonds. The topological polar surface area (TPSA) is 75.9 Å². The van der Waals surface area contributed by atoms with Gasteiger partial charge in [0.2, 0.25) is 0 Å². The van der Waals surface area contributed by atoms with Gasteiger partial charge in [-0.25, -0.2) is 4.98 Å². The molecule has 0 bridgehead atoms. The SMILES string of the molecule is CC(=N)C=CC(=N)c1cc(C)cnc1N1CCC(NC2CCCCC2)CC1. The first kappa shape index (κ1) is 19.7. The lowest BCUT2D eigenvalue weighted by molar-refractivity contribution is 0.307. The minimum Gasteiger partial charge on any atom is -0.356 e. The minimum atomic E-state index is 0.426. The zero-order valence-electron chi connectivity index (χ0n) is 16.7. The third-order valence-electron chi connectivity index (χ3n) is 5.66. The Kier molecular flexibility index (Phi) is 6.78. The van der Waals surface area contributed by atoms with Crippen LogP contribution in [0.4, 0.5) is 5.82 Å². The molecule has 146 valence electrons. The van der Waals surface area contributed by atoms with Crippen LogP contribution >= 0.6 is 0 Å². The molecule has 0 spiro atoms. The Balaban J connectivity index is 1.65. The second kappa shape index (κ2) is 9.27. The number of aryl methyl sites for hydroxylation is 1. The minimum absolute atomic E-state index is 0.426. The van der Waals surface area contributed by atoms with E-state index in [4.69, 9.17) is 10.8 Å². The fraction of sp³-hybridized carbons (Fsp3) is 0.591. The zero-order valence-corrected chi connectivity index (χ0v) is 16.7. The number of hydrogen-bond donors (Lipinski definition) is 3. The van der Waals surface area contributed by atoms with Gasteiger partial charge in [0.1, 0.15) is 5.82 Å². The normalized spacial score (nSPS) is 19.6. The number of rotatable bonds is 6. The van der Waals surface area contributed by atoms with Crippen LogP contribution < -0.4 is 10.2 Å². The summed E-state index contributed by atoms with van der Waals surface area (Å²) in [5, 5.41) is 19.9. The highest BCUT2D eigenvalue weighted by atomic mass is 15.2. The number of hydrogen-bond acceptors (Lipinski definition) is 5. The Labute approximate surface area is 163 Å². The van der Waals surface area contributed by atoms with E-state index in [2.05, 4.69) is 15.2 Å². The van der Waals surface area contributed by atoms with Gasteiger partial charge >= 0.3 is 0 Å². The van der Waals surface area contributed by atoms with Gasteiger partial charge in [0.15, 0.2) is 0 Å². The molecule has 0 atom stereocenters. The first-order valence-electron chi connectivity index (χ1n) is 10.3. The van der Waals surface area contributed by atoms with Crippen molar-refractivity contribution in [3.8, 4) is 0 Å². The predicted octanol–water partition coefficient (Wildman–Crippen LogP) is 4.24. The van der Waals surface area contributed by atoms with Crippen LogP contribution in [-0.2, 0) is 0 Å². The highest BCUT2D eigenvalue weighted by Gasteiger charge is 2.25. The van der Waals surface area contributed by atoms with Gasteiger partial charge in [-0.15, -0.1) is 0 Å². The van der Waals surface area contributed by atoms with E-state index in [1.807, 2.05) is 19.2 Å². The van der Waals surface area contributed by atoms with E-state index in [-0.39, 0.29) is 0 Å². The van der Waals surface area contributed by atoms with Crippen LogP contribution in [-0.4, -0.2) is 41.6 Å². The lowest BCUT2D eigenvalue weighted by atomic mass is 9.93. The van der Waals surface area contributed by atoms with Crippen LogP contribution in [0.5, 0.6) is 0 Å². The van der Waals surface area contributed by atoms with Gasteiger partial charge in [-0.2, -0.15) is 0 Å². The van der Waals surface area contributed by atoms with Crippen molar-refractivity contribution >= 4 is 17.2 Å². The molecular weight excluding hydrogens is 334 g/mol. The number of piperidine rings is 1. The molecule has 0 radical (unpaired) electrons. The van der Waals surface area contributed by atoms with Crippen LogP contribution in [0.15, 0.2) is 24.4 Å². The lowest BCUT2D eigenvalue weighted by Crippen LogP contribution is -2.47. The monoisotopic (exact) mass is 367 g/mol. The summed E-state index contributed by atoms with van der Waals surface area (Å²) in [4.78, 5) is 6.99. The van der Waals surface area contributed by atoms with Crippen LogP contribution in [0.25, 0.3) is 0 Å². The van der Waals surface area contributed by atoms with Crippen molar-refractivity contribution in [2.45, 2.75) is 70.9 Å². The zero-order chi connectivity index (χ0) is 19.2. The number of allylic oxidation sites excluding steroid dienone is 2. The predicted molar refractivity (Wildman–Crippen MR) is 114 cm³/mol. The summed E-state index contributed by atoms with van der Waals surface area (Å²) in [5.41, 5.74) is 2.81. The van der Waals surface area contributed by atoms with E-state index < -0.39 is 0 Å².